The van der Waals surface area contributed by atoms with Gasteiger partial charge in [0.25, 0.3) is 0 Å². The molecule has 0 aliphatic rings. The maximum Gasteiger partial charge on any atom is 0.180 e. The smallest absolute Gasteiger partial charge is 0.180 e. The van der Waals surface area contributed by atoms with E-state index >= 15 is 0 Å². The summed E-state index contributed by atoms with van der Waals surface area (Å²) in [5.74, 6) is 5.55. The van der Waals surface area contributed by atoms with Crippen molar-refractivity contribution in [3.63, 3.8) is 0 Å². The molecule has 0 spiro atoms. The molecule has 1 aromatic heterocycles. The molecule has 0 amide bonds. The maximum atomic E-state index is 5.62. The number of aromatic nitrogens is 2. The number of hydrogen-bond donors (Lipinski definition) is 2. The summed E-state index contributed by atoms with van der Waals surface area (Å²) in [4.78, 5) is 0. The first-order valence-electron chi connectivity index (χ1n) is 2.40. The normalized spacial score (nSPS) is 9.67. The molecule has 0 atom stereocenters. The molecule has 0 fully saturated rings. The minimum atomic E-state index is 0.499. The van der Waals surface area contributed by atoms with Gasteiger partial charge in [-0.25, -0.2) is 5.84 Å². The summed E-state index contributed by atoms with van der Waals surface area (Å²) in [6.45, 7) is 0. The minimum Gasteiger partial charge on any atom is -0.306 e. The molecule has 3 N–H and O–H groups in total. The van der Waals surface area contributed by atoms with Gasteiger partial charge < -0.3 is 5.43 Å². The van der Waals surface area contributed by atoms with Crippen molar-refractivity contribution < 1.29 is 0 Å². The summed E-state index contributed by atoms with van der Waals surface area (Å²) < 4.78 is 1.58. The number of halogens is 1. The molecule has 0 unspecified atom stereocenters. The van der Waals surface area contributed by atoms with E-state index in [1.807, 2.05) is 0 Å². The SMILES string of the molecule is Cn1cc(Cl)c(NN)n1. The largest absolute Gasteiger partial charge is 0.306 e. The fourth-order valence-electron chi connectivity index (χ4n) is 0.557. The topological polar surface area (TPSA) is 55.9 Å². The van der Waals surface area contributed by atoms with Crippen LogP contribution in [0, 0.1) is 0 Å². The van der Waals surface area contributed by atoms with E-state index in [0.29, 0.717) is 10.8 Å². The Balaban J connectivity index is 3.01. The van der Waals surface area contributed by atoms with Crippen LogP contribution in [0.25, 0.3) is 0 Å². The number of anilines is 1. The predicted octanol–water partition coefficient (Wildman–Crippen LogP) is 0.359. The molecule has 0 saturated carbocycles. The first-order valence-corrected chi connectivity index (χ1v) is 2.77. The lowest BCUT2D eigenvalue weighted by molar-refractivity contribution is 0.769. The van der Waals surface area contributed by atoms with Crippen LogP contribution in [0.1, 0.15) is 0 Å². The average molecular weight is 147 g/mol. The molecule has 1 aromatic rings. The molecule has 1 heterocycles. The van der Waals surface area contributed by atoms with Gasteiger partial charge in [-0.2, -0.15) is 5.10 Å². The van der Waals surface area contributed by atoms with Crippen LogP contribution in [0.3, 0.4) is 0 Å². The second kappa shape index (κ2) is 2.24. The molecule has 1 rings (SSSR count). The zero-order valence-electron chi connectivity index (χ0n) is 4.93. The molecule has 50 valence electrons. The van der Waals surface area contributed by atoms with Crippen LogP contribution < -0.4 is 11.3 Å². The number of nitrogens with two attached hydrogens (primary N) is 1. The quantitative estimate of drug-likeness (QED) is 0.444. The number of nitrogen functional groups attached to an aromatic ring is 1. The van der Waals surface area contributed by atoms with Crippen LogP contribution in [0.2, 0.25) is 5.02 Å². The molecule has 0 aliphatic heterocycles. The molecule has 4 nitrogen and oxygen atoms in total. The van der Waals surface area contributed by atoms with E-state index in [4.69, 9.17) is 17.4 Å². The van der Waals surface area contributed by atoms with Gasteiger partial charge in [0.1, 0.15) is 5.02 Å². The third-order valence-corrected chi connectivity index (χ3v) is 1.20. The maximum absolute atomic E-state index is 5.62. The Morgan fingerprint density at radius 3 is 2.78 bits per heavy atom. The van der Waals surface area contributed by atoms with Gasteiger partial charge in [-0.3, -0.25) is 4.68 Å². The highest BCUT2D eigenvalue weighted by molar-refractivity contribution is 6.32. The van der Waals surface area contributed by atoms with E-state index in [0.717, 1.165) is 0 Å². The van der Waals surface area contributed by atoms with Crippen LogP contribution in [0.4, 0.5) is 5.82 Å². The molecular formula is C4H7ClN4. The van der Waals surface area contributed by atoms with Gasteiger partial charge in [-0.1, -0.05) is 11.6 Å². The molecule has 0 aromatic carbocycles. The second-order valence-electron chi connectivity index (χ2n) is 1.64. The number of nitrogens with one attached hydrogen (secondary N) is 1. The molecule has 0 radical (unpaired) electrons. The third kappa shape index (κ3) is 1.14. The van der Waals surface area contributed by atoms with Crippen molar-refractivity contribution in [3.05, 3.63) is 11.2 Å². The van der Waals surface area contributed by atoms with E-state index in [9.17, 15) is 0 Å². The summed E-state index contributed by atoms with van der Waals surface area (Å²) in [7, 11) is 1.77. The third-order valence-electron chi connectivity index (χ3n) is 0.921. The zero-order valence-corrected chi connectivity index (χ0v) is 5.68. The highest BCUT2D eigenvalue weighted by atomic mass is 35.5. The fraction of sp³-hybridized carbons (Fsp3) is 0.250. The molecule has 0 saturated heterocycles. The van der Waals surface area contributed by atoms with Gasteiger partial charge in [-0.15, -0.1) is 0 Å². The van der Waals surface area contributed by atoms with E-state index in [1.165, 1.54) is 0 Å². The van der Waals surface area contributed by atoms with Crippen molar-refractivity contribution in [2.45, 2.75) is 0 Å². The van der Waals surface area contributed by atoms with E-state index in [-0.39, 0.29) is 0 Å². The highest BCUT2D eigenvalue weighted by Gasteiger charge is 2.00. The summed E-state index contributed by atoms with van der Waals surface area (Å²) in [6.07, 6.45) is 1.66. The van der Waals surface area contributed by atoms with Crippen LogP contribution >= 0.6 is 11.6 Å². The van der Waals surface area contributed by atoms with Crippen molar-refractivity contribution in [2.24, 2.45) is 12.9 Å². The molecule has 9 heavy (non-hydrogen) atoms. The van der Waals surface area contributed by atoms with Crippen molar-refractivity contribution in [1.29, 1.82) is 0 Å². The summed E-state index contributed by atoms with van der Waals surface area (Å²) in [5, 5.41) is 4.41. The van der Waals surface area contributed by atoms with Crippen LogP contribution in [-0.2, 0) is 7.05 Å². The van der Waals surface area contributed by atoms with Gasteiger partial charge >= 0.3 is 0 Å². The number of rotatable bonds is 1. The lowest BCUT2D eigenvalue weighted by Gasteiger charge is -1.89. The summed E-state index contributed by atoms with van der Waals surface area (Å²) >= 11 is 5.62. The Bertz CT molecular complexity index is 206. The van der Waals surface area contributed by atoms with Crippen LogP contribution in [0.5, 0.6) is 0 Å². The second-order valence-corrected chi connectivity index (χ2v) is 2.05. The van der Waals surface area contributed by atoms with Crippen molar-refractivity contribution in [3.8, 4) is 0 Å². The Morgan fingerprint density at radius 2 is 2.56 bits per heavy atom. The summed E-state index contributed by atoms with van der Waals surface area (Å²) in [5.41, 5.74) is 2.35. The zero-order chi connectivity index (χ0) is 6.85. The Kier molecular flexibility index (Phi) is 1.59. The van der Waals surface area contributed by atoms with Crippen molar-refractivity contribution in [1.82, 2.24) is 9.78 Å². The molecule has 0 bridgehead atoms. The first kappa shape index (κ1) is 6.38. The van der Waals surface area contributed by atoms with E-state index < -0.39 is 0 Å². The Labute approximate surface area is 57.6 Å². The molecule has 5 heteroatoms. The first-order chi connectivity index (χ1) is 4.24. The average Bonchev–Trinajstić information content (AvgIpc) is 2.10. The number of nitrogens with zero attached hydrogens (tertiary/aromatic N) is 2. The number of hydrazine groups is 1. The van der Waals surface area contributed by atoms with Crippen molar-refractivity contribution in [2.75, 3.05) is 5.43 Å². The lowest BCUT2D eigenvalue weighted by Crippen LogP contribution is -2.07. The summed E-state index contributed by atoms with van der Waals surface area (Å²) in [6, 6.07) is 0. The Hall–Kier alpha value is -0.740. The highest BCUT2D eigenvalue weighted by Crippen LogP contribution is 2.16. The van der Waals surface area contributed by atoms with Gasteiger partial charge in [0.15, 0.2) is 5.82 Å². The van der Waals surface area contributed by atoms with E-state index in [2.05, 4.69) is 10.5 Å². The lowest BCUT2D eigenvalue weighted by atomic mass is 10.6. The number of aryl methyl sites for hydroxylation is 1. The minimum absolute atomic E-state index is 0.499. The number of hydrogen-bond acceptors (Lipinski definition) is 3. The van der Waals surface area contributed by atoms with Crippen LogP contribution in [0.15, 0.2) is 6.20 Å². The molecular weight excluding hydrogens is 140 g/mol. The van der Waals surface area contributed by atoms with Gasteiger partial charge in [0.05, 0.1) is 0 Å². The van der Waals surface area contributed by atoms with Gasteiger partial charge in [0.2, 0.25) is 0 Å². The molecule has 0 aliphatic carbocycles. The monoisotopic (exact) mass is 146 g/mol. The fourth-order valence-corrected chi connectivity index (χ4v) is 0.791. The Morgan fingerprint density at radius 1 is 1.89 bits per heavy atom. The van der Waals surface area contributed by atoms with Gasteiger partial charge in [-0.05, 0) is 0 Å². The van der Waals surface area contributed by atoms with Gasteiger partial charge in [0, 0.05) is 13.2 Å². The predicted molar refractivity (Wildman–Crippen MR) is 36.0 cm³/mol. The standard InChI is InChI=1S/C4H7ClN4/c1-9-2-3(5)4(7-6)8-9/h2H,6H2,1H3,(H,7,8). The van der Waals surface area contributed by atoms with E-state index in [1.54, 1.807) is 17.9 Å². The van der Waals surface area contributed by atoms with Crippen LogP contribution in [-0.4, -0.2) is 9.78 Å². The van der Waals surface area contributed by atoms with Crippen molar-refractivity contribution >= 4 is 17.4 Å².